The third kappa shape index (κ3) is 4.06. The van der Waals surface area contributed by atoms with Gasteiger partial charge in [0.05, 0.1) is 11.0 Å². The fourth-order valence-electron chi connectivity index (χ4n) is 2.03. The number of benzene rings is 1. The predicted octanol–water partition coefficient (Wildman–Crippen LogP) is 3.99. The number of thiophene rings is 1. The molecule has 0 fully saturated rings. The van der Waals surface area contributed by atoms with Gasteiger partial charge in [0, 0.05) is 11.6 Å². The summed E-state index contributed by atoms with van der Waals surface area (Å²) in [4.78, 5) is 12.9. The lowest BCUT2D eigenvalue weighted by atomic mass is 10.0. The summed E-state index contributed by atoms with van der Waals surface area (Å²) in [5, 5.41) is 15.4. The van der Waals surface area contributed by atoms with Crippen molar-refractivity contribution in [3.05, 3.63) is 56.7 Å². The topological polar surface area (TPSA) is 49.3 Å². The number of aliphatic hydroxyl groups excluding tert-OH is 1. The number of carbonyl (C=O) groups is 1. The van der Waals surface area contributed by atoms with E-state index in [0.29, 0.717) is 15.8 Å². The summed E-state index contributed by atoms with van der Waals surface area (Å²) in [6, 6.07) is 8.92. The summed E-state index contributed by atoms with van der Waals surface area (Å²) >= 11 is 7.23. The quantitative estimate of drug-likeness (QED) is 0.874. The molecule has 0 radical (unpaired) electrons. The van der Waals surface area contributed by atoms with Crippen LogP contribution in [-0.4, -0.2) is 17.6 Å². The molecule has 2 rings (SSSR count). The number of rotatable bonds is 5. The lowest BCUT2D eigenvalue weighted by molar-refractivity contribution is 0.0919. The van der Waals surface area contributed by atoms with E-state index in [1.54, 1.807) is 24.3 Å². The number of halogens is 1. The standard InChI is InChI=1S/C16H18ClNO2S/c1-10(2)13-7-8-21-15(13)16(20)18-9-14(19)11-3-5-12(17)6-4-11/h3-8,10,14,19H,9H2,1-2H3,(H,18,20). The SMILES string of the molecule is CC(C)c1ccsc1C(=O)NCC(O)c1ccc(Cl)cc1. The van der Waals surface area contributed by atoms with Crippen LogP contribution in [-0.2, 0) is 0 Å². The zero-order valence-electron chi connectivity index (χ0n) is 12.0. The molecular formula is C16H18ClNO2S. The molecule has 2 aromatic rings. The molecule has 1 unspecified atom stereocenters. The van der Waals surface area contributed by atoms with Gasteiger partial charge < -0.3 is 10.4 Å². The van der Waals surface area contributed by atoms with Crippen LogP contribution in [0.2, 0.25) is 5.02 Å². The second-order valence-corrected chi connectivity index (χ2v) is 6.49. The molecule has 1 atom stereocenters. The van der Waals surface area contributed by atoms with Gasteiger partial charge in [0.15, 0.2) is 0 Å². The molecule has 112 valence electrons. The number of hydrogen-bond acceptors (Lipinski definition) is 3. The number of nitrogens with one attached hydrogen (secondary N) is 1. The smallest absolute Gasteiger partial charge is 0.261 e. The first-order valence-corrected chi connectivity index (χ1v) is 8.04. The van der Waals surface area contributed by atoms with E-state index in [4.69, 9.17) is 11.6 Å². The molecule has 2 N–H and O–H groups in total. The molecule has 21 heavy (non-hydrogen) atoms. The van der Waals surface area contributed by atoms with Gasteiger partial charge in [-0.25, -0.2) is 0 Å². The van der Waals surface area contributed by atoms with Crippen LogP contribution >= 0.6 is 22.9 Å². The molecule has 0 bridgehead atoms. The van der Waals surface area contributed by atoms with Gasteiger partial charge in [-0.1, -0.05) is 37.6 Å². The normalized spacial score (nSPS) is 12.4. The monoisotopic (exact) mass is 323 g/mol. The van der Waals surface area contributed by atoms with Crippen molar-refractivity contribution in [2.24, 2.45) is 0 Å². The second kappa shape index (κ2) is 7.07. The average Bonchev–Trinajstić information content (AvgIpc) is 2.95. The van der Waals surface area contributed by atoms with E-state index in [9.17, 15) is 9.90 Å². The predicted molar refractivity (Wildman–Crippen MR) is 87.2 cm³/mol. The number of aliphatic hydroxyl groups is 1. The Morgan fingerprint density at radius 1 is 1.29 bits per heavy atom. The summed E-state index contributed by atoms with van der Waals surface area (Å²) < 4.78 is 0. The molecule has 0 saturated heterocycles. The summed E-state index contributed by atoms with van der Waals surface area (Å²) in [7, 11) is 0. The van der Waals surface area contributed by atoms with Gasteiger partial charge in [-0.2, -0.15) is 0 Å². The molecule has 0 aliphatic rings. The summed E-state index contributed by atoms with van der Waals surface area (Å²) in [6.07, 6.45) is -0.742. The number of amides is 1. The highest BCUT2D eigenvalue weighted by Gasteiger charge is 2.16. The van der Waals surface area contributed by atoms with Crippen molar-refractivity contribution in [3.63, 3.8) is 0 Å². The van der Waals surface area contributed by atoms with Gasteiger partial charge in [-0.05, 0) is 40.6 Å². The lowest BCUT2D eigenvalue weighted by Crippen LogP contribution is -2.28. The fourth-order valence-corrected chi connectivity index (χ4v) is 3.13. The Kier molecular flexibility index (Phi) is 5.39. The van der Waals surface area contributed by atoms with E-state index in [0.717, 1.165) is 11.1 Å². The third-order valence-electron chi connectivity index (χ3n) is 3.23. The van der Waals surface area contributed by atoms with Gasteiger partial charge in [0.2, 0.25) is 0 Å². The largest absolute Gasteiger partial charge is 0.387 e. The van der Waals surface area contributed by atoms with E-state index in [2.05, 4.69) is 19.2 Å². The van der Waals surface area contributed by atoms with E-state index in [1.807, 2.05) is 11.4 Å². The van der Waals surface area contributed by atoms with Crippen LogP contribution < -0.4 is 5.32 Å². The molecule has 3 nitrogen and oxygen atoms in total. The Morgan fingerprint density at radius 2 is 1.95 bits per heavy atom. The summed E-state index contributed by atoms with van der Waals surface area (Å²) in [5.74, 6) is 0.167. The average molecular weight is 324 g/mol. The van der Waals surface area contributed by atoms with Crippen molar-refractivity contribution in [1.29, 1.82) is 0 Å². The van der Waals surface area contributed by atoms with Crippen LogP contribution in [0.1, 0.15) is 46.7 Å². The van der Waals surface area contributed by atoms with Crippen molar-refractivity contribution in [1.82, 2.24) is 5.32 Å². The van der Waals surface area contributed by atoms with Crippen LogP contribution in [0.4, 0.5) is 0 Å². The van der Waals surface area contributed by atoms with Gasteiger partial charge in [0.1, 0.15) is 0 Å². The van der Waals surface area contributed by atoms with Crippen LogP contribution in [0.5, 0.6) is 0 Å². The molecule has 0 saturated carbocycles. The minimum absolute atomic E-state index is 0.137. The fraction of sp³-hybridized carbons (Fsp3) is 0.312. The minimum atomic E-state index is -0.742. The Morgan fingerprint density at radius 3 is 2.57 bits per heavy atom. The Hall–Kier alpha value is -1.36. The van der Waals surface area contributed by atoms with Gasteiger partial charge in [-0.15, -0.1) is 11.3 Å². The van der Waals surface area contributed by atoms with Crippen molar-refractivity contribution in [2.75, 3.05) is 6.54 Å². The molecule has 1 aromatic carbocycles. The van der Waals surface area contributed by atoms with Crippen LogP contribution in [0.25, 0.3) is 0 Å². The van der Waals surface area contributed by atoms with E-state index in [-0.39, 0.29) is 12.5 Å². The zero-order chi connectivity index (χ0) is 15.4. The summed E-state index contributed by atoms with van der Waals surface area (Å²) in [5.41, 5.74) is 1.77. The molecular weight excluding hydrogens is 306 g/mol. The minimum Gasteiger partial charge on any atom is -0.387 e. The van der Waals surface area contributed by atoms with Crippen LogP contribution in [0.3, 0.4) is 0 Å². The lowest BCUT2D eigenvalue weighted by Gasteiger charge is -2.13. The van der Waals surface area contributed by atoms with Crippen LogP contribution in [0, 0.1) is 0 Å². The van der Waals surface area contributed by atoms with Crippen molar-refractivity contribution < 1.29 is 9.90 Å². The first kappa shape index (κ1) is 16.0. The first-order valence-electron chi connectivity index (χ1n) is 6.78. The molecule has 1 heterocycles. The van der Waals surface area contributed by atoms with Gasteiger partial charge in [-0.3, -0.25) is 4.79 Å². The molecule has 5 heteroatoms. The van der Waals surface area contributed by atoms with Crippen molar-refractivity contribution in [2.45, 2.75) is 25.9 Å². The molecule has 1 aromatic heterocycles. The van der Waals surface area contributed by atoms with Crippen molar-refractivity contribution >= 4 is 28.8 Å². The maximum absolute atomic E-state index is 12.2. The van der Waals surface area contributed by atoms with E-state index >= 15 is 0 Å². The maximum Gasteiger partial charge on any atom is 0.261 e. The second-order valence-electron chi connectivity index (χ2n) is 5.14. The van der Waals surface area contributed by atoms with Crippen molar-refractivity contribution in [3.8, 4) is 0 Å². The maximum atomic E-state index is 12.2. The van der Waals surface area contributed by atoms with Gasteiger partial charge >= 0.3 is 0 Å². The zero-order valence-corrected chi connectivity index (χ0v) is 13.5. The highest BCUT2D eigenvalue weighted by atomic mass is 35.5. The molecule has 0 aliphatic carbocycles. The van der Waals surface area contributed by atoms with E-state index in [1.165, 1.54) is 11.3 Å². The molecule has 0 aliphatic heterocycles. The van der Waals surface area contributed by atoms with Gasteiger partial charge in [0.25, 0.3) is 5.91 Å². The molecule has 0 spiro atoms. The molecule has 1 amide bonds. The Labute approximate surface area is 133 Å². The van der Waals surface area contributed by atoms with E-state index < -0.39 is 6.10 Å². The Bertz CT molecular complexity index is 607. The summed E-state index contributed by atoms with van der Waals surface area (Å²) in [6.45, 7) is 4.29. The first-order chi connectivity index (χ1) is 9.99. The van der Waals surface area contributed by atoms with Crippen LogP contribution in [0.15, 0.2) is 35.7 Å². The third-order valence-corrected chi connectivity index (χ3v) is 4.42. The number of hydrogen-bond donors (Lipinski definition) is 2. The highest BCUT2D eigenvalue weighted by molar-refractivity contribution is 7.12. The highest BCUT2D eigenvalue weighted by Crippen LogP contribution is 2.24. The Balaban J connectivity index is 1.97. The number of carbonyl (C=O) groups excluding carboxylic acids is 1.